The molecule has 1 aliphatic heterocycles. The third-order valence-corrected chi connectivity index (χ3v) is 7.59. The number of nitrogens with zero attached hydrogens (tertiary/aromatic N) is 6. The highest BCUT2D eigenvalue weighted by molar-refractivity contribution is 5.95. The van der Waals surface area contributed by atoms with Crippen molar-refractivity contribution in [2.24, 2.45) is 7.05 Å². The van der Waals surface area contributed by atoms with Crippen LogP contribution in [0.5, 0.6) is 0 Å². The van der Waals surface area contributed by atoms with Gasteiger partial charge in [-0.05, 0) is 57.4 Å². The first kappa shape index (κ1) is 29.0. The Kier molecular flexibility index (Phi) is 9.39. The van der Waals surface area contributed by atoms with Crippen molar-refractivity contribution in [1.82, 2.24) is 29.3 Å². The van der Waals surface area contributed by atoms with E-state index in [1.165, 1.54) is 12.1 Å². The molecule has 0 spiro atoms. The van der Waals surface area contributed by atoms with E-state index in [0.29, 0.717) is 6.54 Å². The van der Waals surface area contributed by atoms with Crippen LogP contribution in [0.4, 0.5) is 10.2 Å². The van der Waals surface area contributed by atoms with Gasteiger partial charge in [-0.1, -0.05) is 44.9 Å². The van der Waals surface area contributed by atoms with Crippen LogP contribution >= 0.6 is 0 Å². The zero-order chi connectivity index (χ0) is 28.8. The number of carbonyl (C=O) groups is 1. The SMILES string of the molecule is CC.Cc1c(C(=O)N[C@H]2CCN(c3ccc4ncc(C)n4n3)C2)c(=O)n(C2CCCC2)n1C.Fc1ccccc1. The van der Waals surface area contributed by atoms with Crippen molar-refractivity contribution < 1.29 is 9.18 Å². The van der Waals surface area contributed by atoms with Gasteiger partial charge in [0.2, 0.25) is 0 Å². The lowest BCUT2D eigenvalue weighted by Crippen LogP contribution is -2.39. The van der Waals surface area contributed by atoms with Crippen LogP contribution < -0.4 is 15.8 Å². The number of hydrogen-bond acceptors (Lipinski definition) is 5. The Morgan fingerprint density at radius 3 is 2.38 bits per heavy atom. The lowest BCUT2D eigenvalue weighted by molar-refractivity contribution is 0.0938. The molecule has 3 aromatic heterocycles. The molecule has 40 heavy (non-hydrogen) atoms. The zero-order valence-electron chi connectivity index (χ0n) is 24.1. The van der Waals surface area contributed by atoms with Crippen LogP contribution in [0.1, 0.15) is 73.7 Å². The molecule has 10 heteroatoms. The Labute approximate surface area is 234 Å². The Morgan fingerprint density at radius 2 is 1.73 bits per heavy atom. The molecule has 1 atom stereocenters. The molecule has 0 radical (unpaired) electrons. The topological polar surface area (TPSA) is 89.5 Å². The molecule has 1 N–H and O–H groups in total. The van der Waals surface area contributed by atoms with Crippen LogP contribution in [0.25, 0.3) is 5.65 Å². The standard InChI is InChI=1S/C22H29N7O2.C6H5F.C2H6/c1-14-12-23-18-8-9-19(25-28(14)18)27-11-10-16(13-27)24-21(30)20-15(2)26(3)29(22(20)31)17-6-4-5-7-17;7-6-4-2-1-3-5-6;1-2/h8-9,12,16-17H,4-7,10-11,13H2,1-3H3,(H,24,30);1-5H;1-2H3/t16-;;/m0../s1. The summed E-state index contributed by atoms with van der Waals surface area (Å²) in [6.07, 6.45) is 6.91. The van der Waals surface area contributed by atoms with Gasteiger partial charge in [-0.2, -0.15) is 0 Å². The molecular weight excluding hydrogens is 509 g/mol. The van der Waals surface area contributed by atoms with Crippen molar-refractivity contribution >= 4 is 17.4 Å². The van der Waals surface area contributed by atoms with Crippen molar-refractivity contribution in [2.45, 2.75) is 71.9 Å². The predicted octanol–water partition coefficient (Wildman–Crippen LogP) is 4.82. The molecule has 1 aliphatic carbocycles. The normalized spacial score (nSPS) is 16.9. The summed E-state index contributed by atoms with van der Waals surface area (Å²) in [6.45, 7) is 9.30. The minimum absolute atomic E-state index is 0.0205. The maximum absolute atomic E-state index is 13.1. The number of nitrogens with one attached hydrogen (secondary N) is 1. The van der Waals surface area contributed by atoms with E-state index in [-0.39, 0.29) is 34.9 Å². The van der Waals surface area contributed by atoms with Crippen molar-refractivity contribution in [2.75, 3.05) is 18.0 Å². The quantitative estimate of drug-likeness (QED) is 0.394. The number of carbonyl (C=O) groups excluding carboxylic acids is 1. The number of halogens is 1. The summed E-state index contributed by atoms with van der Waals surface area (Å²) in [5, 5.41) is 7.78. The molecule has 6 rings (SSSR count). The molecule has 4 aromatic rings. The fraction of sp³-hybridized carbons (Fsp3) is 0.467. The van der Waals surface area contributed by atoms with Crippen molar-refractivity contribution in [3.05, 3.63) is 81.8 Å². The van der Waals surface area contributed by atoms with Gasteiger partial charge in [-0.15, -0.1) is 5.10 Å². The number of aryl methyl sites for hydroxylation is 1. The Hall–Kier alpha value is -3.95. The molecule has 4 heterocycles. The van der Waals surface area contributed by atoms with Gasteiger partial charge in [0.1, 0.15) is 17.2 Å². The van der Waals surface area contributed by atoms with Crippen molar-refractivity contribution in [3.8, 4) is 0 Å². The van der Waals surface area contributed by atoms with Gasteiger partial charge in [0.15, 0.2) is 5.65 Å². The van der Waals surface area contributed by atoms with E-state index in [1.807, 2.05) is 56.1 Å². The molecule has 2 aliphatic rings. The third-order valence-electron chi connectivity index (χ3n) is 7.59. The lowest BCUT2D eigenvalue weighted by Gasteiger charge is -2.18. The van der Waals surface area contributed by atoms with E-state index in [1.54, 1.807) is 29.1 Å². The highest BCUT2D eigenvalue weighted by Gasteiger charge is 2.30. The van der Waals surface area contributed by atoms with Gasteiger partial charge in [-0.3, -0.25) is 14.3 Å². The summed E-state index contributed by atoms with van der Waals surface area (Å²) in [5.74, 6) is 0.419. The number of imidazole rings is 1. The van der Waals surface area contributed by atoms with Gasteiger partial charge in [0.25, 0.3) is 11.5 Å². The molecule has 0 bridgehead atoms. The first-order chi connectivity index (χ1) is 19.3. The highest BCUT2D eigenvalue weighted by atomic mass is 19.1. The zero-order valence-corrected chi connectivity index (χ0v) is 24.1. The second-order valence-electron chi connectivity index (χ2n) is 10.1. The van der Waals surface area contributed by atoms with Gasteiger partial charge in [0.05, 0.1) is 17.9 Å². The Morgan fingerprint density at radius 1 is 1.02 bits per heavy atom. The Bertz CT molecular complexity index is 1490. The number of anilines is 1. The van der Waals surface area contributed by atoms with E-state index in [2.05, 4.69) is 20.3 Å². The molecule has 214 valence electrons. The fourth-order valence-electron chi connectivity index (χ4n) is 5.46. The molecular formula is C30H40FN7O2. The summed E-state index contributed by atoms with van der Waals surface area (Å²) < 4.78 is 17.4. The maximum atomic E-state index is 13.1. The van der Waals surface area contributed by atoms with E-state index >= 15 is 0 Å². The molecule has 1 saturated carbocycles. The van der Waals surface area contributed by atoms with Crippen LogP contribution in [0.15, 0.2) is 53.5 Å². The van der Waals surface area contributed by atoms with E-state index in [9.17, 15) is 14.0 Å². The first-order valence-corrected chi connectivity index (χ1v) is 14.2. The van der Waals surface area contributed by atoms with Gasteiger partial charge >= 0.3 is 0 Å². The maximum Gasteiger partial charge on any atom is 0.280 e. The van der Waals surface area contributed by atoms with Gasteiger partial charge in [-0.25, -0.2) is 18.6 Å². The molecule has 0 unspecified atom stereocenters. The average molecular weight is 550 g/mol. The number of rotatable bonds is 4. The number of benzene rings is 1. The van der Waals surface area contributed by atoms with Crippen LogP contribution in [-0.2, 0) is 7.05 Å². The second kappa shape index (κ2) is 12.9. The van der Waals surface area contributed by atoms with E-state index < -0.39 is 0 Å². The third kappa shape index (κ3) is 6.11. The average Bonchev–Trinajstić information content (AvgIpc) is 3.76. The van der Waals surface area contributed by atoms with Crippen molar-refractivity contribution in [3.63, 3.8) is 0 Å². The number of amides is 1. The summed E-state index contributed by atoms with van der Waals surface area (Å²) in [6, 6.07) is 12.0. The van der Waals surface area contributed by atoms with Gasteiger partial charge in [0, 0.05) is 31.9 Å². The molecule has 1 amide bonds. The van der Waals surface area contributed by atoms with Crippen LogP contribution in [0.3, 0.4) is 0 Å². The summed E-state index contributed by atoms with van der Waals surface area (Å²) in [7, 11) is 1.88. The fourth-order valence-corrected chi connectivity index (χ4v) is 5.46. The highest BCUT2D eigenvalue weighted by Crippen LogP contribution is 2.29. The summed E-state index contributed by atoms with van der Waals surface area (Å²) >= 11 is 0. The van der Waals surface area contributed by atoms with Gasteiger partial charge < -0.3 is 10.2 Å². The minimum atomic E-state index is -0.268. The molecule has 2 fully saturated rings. The monoisotopic (exact) mass is 549 g/mol. The largest absolute Gasteiger partial charge is 0.353 e. The van der Waals surface area contributed by atoms with E-state index in [4.69, 9.17) is 0 Å². The molecule has 1 saturated heterocycles. The second-order valence-corrected chi connectivity index (χ2v) is 10.1. The number of aromatic nitrogens is 5. The summed E-state index contributed by atoms with van der Waals surface area (Å²) in [5.41, 5.74) is 2.65. The first-order valence-electron chi connectivity index (χ1n) is 14.2. The van der Waals surface area contributed by atoms with Crippen molar-refractivity contribution in [1.29, 1.82) is 0 Å². The summed E-state index contributed by atoms with van der Waals surface area (Å²) in [4.78, 5) is 32.6. The Balaban J connectivity index is 0.000000355. The number of hydrogen-bond donors (Lipinski definition) is 1. The molecule has 1 aromatic carbocycles. The smallest absolute Gasteiger partial charge is 0.280 e. The lowest BCUT2D eigenvalue weighted by atomic mass is 10.2. The minimum Gasteiger partial charge on any atom is -0.353 e. The van der Waals surface area contributed by atoms with Crippen LogP contribution in [-0.4, -0.2) is 49.0 Å². The van der Waals surface area contributed by atoms with E-state index in [0.717, 1.165) is 61.5 Å². The predicted molar refractivity (Wildman–Crippen MR) is 155 cm³/mol. The number of fused-ring (bicyclic) bond motifs is 1. The molecule has 9 nitrogen and oxygen atoms in total. The van der Waals surface area contributed by atoms with Crippen LogP contribution in [0, 0.1) is 19.7 Å². The van der Waals surface area contributed by atoms with Crippen LogP contribution in [0.2, 0.25) is 0 Å².